The van der Waals surface area contributed by atoms with Gasteiger partial charge in [-0.1, -0.05) is 49.2 Å². The minimum absolute atomic E-state index is 0.0288. The van der Waals surface area contributed by atoms with Gasteiger partial charge in [-0.05, 0) is 76.5 Å². The third kappa shape index (κ3) is 11.7. The molecule has 2 N–H and O–H groups in total. The van der Waals surface area contributed by atoms with Crippen molar-refractivity contribution in [2.24, 2.45) is 17.8 Å². The SMILES string of the molecule is CCC(=O)C1CCC(CN2C(=O)C[C@@H](SCCC(=O)N(C)[C@@H](C)C(=O)O[C@H]3CC(=O)N(C)c4cc(cc(OC)c4Cl)C/C(C)=C/C=C/[C@@H](OC)[C@@]4(O)C[C@H](OC(=O)N4)[C@@H](C)[C@@H]4O[C@@]34C)C2=O)CC1. The van der Waals surface area contributed by atoms with Crippen LogP contribution in [0.5, 0.6) is 5.75 Å². The largest absolute Gasteiger partial charge is 0.495 e. The number of imide groups is 1. The smallest absolute Gasteiger partial charge is 0.409 e. The van der Waals surface area contributed by atoms with Crippen LogP contribution in [0.15, 0.2) is 35.9 Å². The number of anilines is 1. The summed E-state index contributed by atoms with van der Waals surface area (Å²) < 4.78 is 29.4. The number of nitrogens with one attached hydrogen (secondary N) is 1. The number of likely N-dealkylation sites (tertiary alicyclic amines) is 1. The summed E-state index contributed by atoms with van der Waals surface area (Å²) in [6.07, 6.45) is 4.15. The molecule has 6 rings (SSSR count). The van der Waals surface area contributed by atoms with E-state index in [-0.39, 0.29) is 65.9 Å². The van der Waals surface area contributed by atoms with Crippen molar-refractivity contribution >= 4 is 70.5 Å². The van der Waals surface area contributed by atoms with E-state index in [0.717, 1.165) is 36.8 Å². The van der Waals surface area contributed by atoms with Crippen molar-refractivity contribution in [2.45, 2.75) is 146 Å². The lowest BCUT2D eigenvalue weighted by molar-refractivity contribution is -0.162. The Labute approximate surface area is 407 Å². The third-order valence-electron chi connectivity index (χ3n) is 14.5. The second-order valence-corrected chi connectivity index (χ2v) is 20.8. The van der Waals surface area contributed by atoms with Gasteiger partial charge in [-0.25, -0.2) is 9.59 Å². The Kier molecular flexibility index (Phi) is 17.2. The van der Waals surface area contributed by atoms with Crippen LogP contribution in [0.3, 0.4) is 0 Å². The molecule has 5 amide bonds. The van der Waals surface area contributed by atoms with E-state index in [4.69, 9.17) is 35.3 Å². The Morgan fingerprint density at radius 2 is 1.79 bits per heavy atom. The number of methoxy groups -OCH3 is 2. The van der Waals surface area contributed by atoms with Gasteiger partial charge in [0.05, 0.1) is 30.6 Å². The number of fused-ring (bicyclic) bond motifs is 5. The first-order chi connectivity index (χ1) is 32.1. The topological polar surface area (TPSA) is 211 Å². The standard InChI is InChI=1S/C49H67ClN4O13S/c1-10-34(55)32-16-14-30(15-17-32)26-54-42(58)23-37(45(54)59)68-19-18-40(56)52(6)29(4)46(60)66-39-24-41(57)53(7)33-21-31(22-35(63-8)43(33)50)20-27(2)12-11-13-38(64-9)49(62)25-36(65-47(61)51-49)28(3)44-48(39,5)67-44/h11-13,21-22,28-30,32,36-39,44,62H,10,14-20,23-26H2,1-9H3,(H,51,61)/b13-11+,27-12+/t28-,29+,30?,32?,36+,37-,38-,39+,44+,48+,49+/m1/s1. The number of ketones is 1. The van der Waals surface area contributed by atoms with Crippen LogP contribution in [0, 0.1) is 17.8 Å². The molecule has 4 fully saturated rings. The van der Waals surface area contributed by atoms with Gasteiger partial charge in [-0.3, -0.25) is 34.2 Å². The van der Waals surface area contributed by atoms with Crippen LogP contribution in [0.25, 0.3) is 0 Å². The van der Waals surface area contributed by atoms with Gasteiger partial charge in [0.15, 0.2) is 5.72 Å². The number of carbonyl (C=O) groups excluding carboxylic acids is 7. The molecule has 68 heavy (non-hydrogen) atoms. The van der Waals surface area contributed by atoms with E-state index in [2.05, 4.69) is 5.32 Å². The normalized spacial score (nSPS) is 32.8. The summed E-state index contributed by atoms with van der Waals surface area (Å²) >= 11 is 8.04. The van der Waals surface area contributed by atoms with Crippen LogP contribution in [0.1, 0.15) is 98.0 Å². The van der Waals surface area contributed by atoms with Crippen LogP contribution in [-0.2, 0) is 54.1 Å². The monoisotopic (exact) mass is 986 g/mol. The van der Waals surface area contributed by atoms with Crippen molar-refractivity contribution in [1.29, 1.82) is 0 Å². The third-order valence-corrected chi connectivity index (χ3v) is 16.0. The number of allylic oxidation sites excluding steroid dienone is 3. The van der Waals surface area contributed by atoms with Crippen molar-refractivity contribution in [3.63, 3.8) is 0 Å². The molecule has 1 aliphatic carbocycles. The Bertz CT molecular complexity index is 2180. The summed E-state index contributed by atoms with van der Waals surface area (Å²) in [4.78, 5) is 97.3. The highest BCUT2D eigenvalue weighted by atomic mass is 35.5. The molecule has 19 heteroatoms. The maximum Gasteiger partial charge on any atom is 0.409 e. The number of aliphatic hydroxyl groups is 1. The minimum Gasteiger partial charge on any atom is -0.495 e. The van der Waals surface area contributed by atoms with Crippen molar-refractivity contribution in [3.05, 3.63) is 46.5 Å². The highest BCUT2D eigenvalue weighted by Crippen LogP contribution is 2.49. The number of thioether (sulfide) groups is 1. The maximum absolute atomic E-state index is 14.3. The lowest BCUT2D eigenvalue weighted by Gasteiger charge is -2.42. The van der Waals surface area contributed by atoms with Gasteiger partial charge in [0.25, 0.3) is 0 Å². The van der Waals surface area contributed by atoms with Crippen LogP contribution in [0.2, 0.25) is 5.02 Å². The molecule has 17 nitrogen and oxygen atoms in total. The lowest BCUT2D eigenvalue weighted by Crippen LogP contribution is -2.63. The molecule has 1 saturated carbocycles. The average molecular weight is 988 g/mol. The molecule has 374 valence electrons. The summed E-state index contributed by atoms with van der Waals surface area (Å²) in [6, 6.07) is 2.43. The fraction of sp³-hybridized carbons (Fsp3) is 0.653. The molecule has 0 radical (unpaired) electrons. The van der Waals surface area contributed by atoms with Crippen molar-refractivity contribution < 1.29 is 62.4 Å². The number of likely N-dealkylation sites (N-methyl/N-ethyl adjacent to an activating group) is 1. The zero-order chi connectivity index (χ0) is 49.8. The number of nitrogens with zero attached hydrogens (tertiary/aromatic N) is 3. The number of esters is 1. The van der Waals surface area contributed by atoms with Gasteiger partial charge in [0.1, 0.15) is 46.5 Å². The molecule has 4 heterocycles. The fourth-order valence-corrected chi connectivity index (χ4v) is 11.3. The number of ether oxygens (including phenoxy) is 5. The molecule has 1 aromatic carbocycles. The van der Waals surface area contributed by atoms with Crippen LogP contribution in [0.4, 0.5) is 10.5 Å². The Hall–Kier alpha value is -4.49. The van der Waals surface area contributed by atoms with Crippen LogP contribution < -0.4 is 15.0 Å². The molecule has 9 atom stereocenters. The summed E-state index contributed by atoms with van der Waals surface area (Å²) in [5.74, 6) is -1.73. The summed E-state index contributed by atoms with van der Waals surface area (Å²) in [7, 11) is 5.91. The molecular formula is C49H67ClN4O13S. The highest BCUT2D eigenvalue weighted by Gasteiger charge is 2.64. The van der Waals surface area contributed by atoms with E-state index in [0.29, 0.717) is 30.8 Å². The van der Waals surface area contributed by atoms with Crippen LogP contribution >= 0.6 is 23.4 Å². The maximum atomic E-state index is 14.3. The zero-order valence-electron chi connectivity index (χ0n) is 40.5. The van der Waals surface area contributed by atoms with Gasteiger partial charge in [-0.15, -0.1) is 11.8 Å². The number of hydrogen-bond acceptors (Lipinski definition) is 14. The Morgan fingerprint density at radius 1 is 1.09 bits per heavy atom. The van der Waals surface area contributed by atoms with E-state index >= 15 is 0 Å². The fourth-order valence-electron chi connectivity index (χ4n) is 9.87. The zero-order valence-corrected chi connectivity index (χ0v) is 42.1. The number of benzene rings is 1. The number of Topliss-reactive ketones (excluding diaryl/α,β-unsaturated/α-hetero) is 1. The Morgan fingerprint density at radius 3 is 2.46 bits per heavy atom. The van der Waals surface area contributed by atoms with Gasteiger partial charge >= 0.3 is 12.1 Å². The number of halogens is 1. The number of hydrogen-bond donors (Lipinski definition) is 2. The first-order valence-electron chi connectivity index (χ1n) is 23.5. The Balaban J connectivity index is 1.15. The minimum atomic E-state index is -1.87. The first kappa shape index (κ1) is 52.9. The average Bonchev–Trinajstić information content (AvgIpc) is 3.94. The van der Waals surface area contributed by atoms with Gasteiger partial charge < -0.3 is 38.6 Å². The summed E-state index contributed by atoms with van der Waals surface area (Å²) in [5.41, 5.74) is -1.13. The molecular weight excluding hydrogens is 920 g/mol. The van der Waals surface area contributed by atoms with E-state index < -0.39 is 76.8 Å². The predicted molar refractivity (Wildman–Crippen MR) is 254 cm³/mol. The number of amides is 5. The lowest BCUT2D eigenvalue weighted by atomic mass is 9.79. The second kappa shape index (κ2) is 22.1. The predicted octanol–water partition coefficient (Wildman–Crippen LogP) is 5.55. The second-order valence-electron chi connectivity index (χ2n) is 19.1. The molecule has 3 saturated heterocycles. The van der Waals surface area contributed by atoms with Crippen molar-refractivity contribution in [2.75, 3.05) is 45.5 Å². The van der Waals surface area contributed by atoms with E-state index in [1.807, 2.05) is 19.9 Å². The molecule has 4 bridgehead atoms. The number of carbonyl (C=O) groups is 7. The molecule has 0 aromatic heterocycles. The summed E-state index contributed by atoms with van der Waals surface area (Å²) in [5, 5.41) is 13.9. The van der Waals surface area contributed by atoms with E-state index in [1.165, 1.54) is 54.7 Å². The van der Waals surface area contributed by atoms with Gasteiger partial charge in [0.2, 0.25) is 23.6 Å². The molecule has 0 unspecified atom stereocenters. The number of epoxide rings is 1. The van der Waals surface area contributed by atoms with Crippen molar-refractivity contribution in [1.82, 2.24) is 15.1 Å². The van der Waals surface area contributed by atoms with E-state index in [1.54, 1.807) is 45.2 Å². The van der Waals surface area contributed by atoms with Gasteiger partial charge in [0, 0.05) is 71.0 Å². The molecule has 0 spiro atoms. The molecule has 4 aliphatic heterocycles. The summed E-state index contributed by atoms with van der Waals surface area (Å²) in [6.45, 7) is 9.09. The highest BCUT2D eigenvalue weighted by molar-refractivity contribution is 8.00. The first-order valence-corrected chi connectivity index (χ1v) is 24.9. The van der Waals surface area contributed by atoms with E-state index in [9.17, 15) is 38.7 Å². The van der Waals surface area contributed by atoms with Crippen LogP contribution in [-0.4, -0.2) is 144 Å². The molecule has 1 aromatic rings. The molecule has 5 aliphatic rings. The van der Waals surface area contributed by atoms with Crippen molar-refractivity contribution in [3.8, 4) is 5.75 Å². The number of alkyl carbamates (subject to hydrolysis) is 1. The van der Waals surface area contributed by atoms with Gasteiger partial charge in [-0.2, -0.15) is 0 Å². The quantitative estimate of drug-likeness (QED) is 0.141. The number of rotatable bonds is 13.